The summed E-state index contributed by atoms with van der Waals surface area (Å²) in [4.78, 5) is 19.0. The average Bonchev–Trinajstić information content (AvgIpc) is 2.78. The molecule has 0 spiro atoms. The van der Waals surface area contributed by atoms with Gasteiger partial charge in [0.05, 0.1) is 12.3 Å². The zero-order valence-electron chi connectivity index (χ0n) is 21.2. The number of nitrogens with zero attached hydrogens (tertiary/aromatic N) is 2. The molecule has 2 aromatic carbocycles. The fourth-order valence-electron chi connectivity index (χ4n) is 3.91. The molecule has 1 amide bonds. The highest BCUT2D eigenvalue weighted by Crippen LogP contribution is 2.26. The number of hydrogen-bond acceptors (Lipinski definition) is 4. The van der Waals surface area contributed by atoms with Gasteiger partial charge in [0.1, 0.15) is 11.4 Å². The van der Waals surface area contributed by atoms with Crippen LogP contribution in [0.4, 0.5) is 4.79 Å². The van der Waals surface area contributed by atoms with E-state index in [0.29, 0.717) is 19.7 Å². The van der Waals surface area contributed by atoms with Crippen molar-refractivity contribution in [3.63, 3.8) is 0 Å². The van der Waals surface area contributed by atoms with Crippen LogP contribution in [-0.4, -0.2) is 42.0 Å². The number of aryl methyl sites for hydroxylation is 1. The van der Waals surface area contributed by atoms with Gasteiger partial charge in [-0.3, -0.25) is 4.99 Å². The van der Waals surface area contributed by atoms with Crippen LogP contribution in [0.15, 0.2) is 65.7 Å². The molecular weight excluding hydrogens is 424 g/mol. The number of ether oxygens (including phenoxy) is 2. The van der Waals surface area contributed by atoms with Crippen molar-refractivity contribution in [3.8, 4) is 5.75 Å². The molecule has 2 aromatic rings. The molecule has 0 radical (unpaired) electrons. The van der Waals surface area contributed by atoms with Crippen LogP contribution < -0.4 is 4.74 Å². The lowest BCUT2D eigenvalue weighted by molar-refractivity contribution is 0.00680. The molecule has 5 nitrogen and oxygen atoms in total. The molecule has 1 aliphatic heterocycles. The van der Waals surface area contributed by atoms with Gasteiger partial charge in [0.15, 0.2) is 0 Å². The fraction of sp³-hybridized carbons (Fsp3) is 0.448. The van der Waals surface area contributed by atoms with E-state index < -0.39 is 5.60 Å². The highest BCUT2D eigenvalue weighted by Gasteiger charge is 2.36. The minimum atomic E-state index is -0.472. The predicted molar refractivity (Wildman–Crippen MR) is 139 cm³/mol. The van der Waals surface area contributed by atoms with Gasteiger partial charge in [-0.05, 0) is 76.8 Å². The molecule has 5 heteroatoms. The summed E-state index contributed by atoms with van der Waals surface area (Å²) in [6, 6.07) is 18.6. The number of hydrogen-bond donors (Lipinski definition) is 0. The summed E-state index contributed by atoms with van der Waals surface area (Å²) in [5.41, 5.74) is 4.00. The van der Waals surface area contributed by atoms with Crippen LogP contribution >= 0.6 is 0 Å². The Morgan fingerprint density at radius 2 is 1.76 bits per heavy atom. The lowest BCUT2D eigenvalue weighted by Crippen LogP contribution is -2.54. The van der Waals surface area contributed by atoms with Gasteiger partial charge in [0, 0.05) is 30.3 Å². The maximum absolute atomic E-state index is 12.2. The third kappa shape index (κ3) is 7.47. The Morgan fingerprint density at radius 1 is 1.09 bits per heavy atom. The van der Waals surface area contributed by atoms with Gasteiger partial charge >= 0.3 is 6.09 Å². The molecule has 0 bridgehead atoms. The Balaban J connectivity index is 1.52. The minimum absolute atomic E-state index is 0.246. The van der Waals surface area contributed by atoms with Gasteiger partial charge in [-0.2, -0.15) is 0 Å². The summed E-state index contributed by atoms with van der Waals surface area (Å²) in [5.74, 6) is 1.15. The van der Waals surface area contributed by atoms with Crippen molar-refractivity contribution in [3.05, 3.63) is 71.8 Å². The molecule has 1 saturated heterocycles. The average molecular weight is 463 g/mol. The van der Waals surface area contributed by atoms with Gasteiger partial charge in [-0.15, -0.1) is 0 Å². The molecule has 1 fully saturated rings. The summed E-state index contributed by atoms with van der Waals surface area (Å²) >= 11 is 0. The van der Waals surface area contributed by atoms with Gasteiger partial charge in [0.2, 0.25) is 0 Å². The van der Waals surface area contributed by atoms with E-state index in [1.807, 2.05) is 52.0 Å². The Morgan fingerprint density at radius 3 is 2.35 bits per heavy atom. The van der Waals surface area contributed by atoms with E-state index in [1.54, 1.807) is 4.90 Å². The summed E-state index contributed by atoms with van der Waals surface area (Å²) in [7, 11) is 0. The smallest absolute Gasteiger partial charge is 0.410 e. The highest BCUT2D eigenvalue weighted by atomic mass is 16.6. The van der Waals surface area contributed by atoms with E-state index in [9.17, 15) is 4.79 Å². The molecule has 1 aliphatic rings. The van der Waals surface area contributed by atoms with Crippen molar-refractivity contribution in [2.75, 3.05) is 19.7 Å². The first-order chi connectivity index (χ1) is 16.3. The Bertz CT molecular complexity index is 982. The first-order valence-electron chi connectivity index (χ1n) is 12.3. The van der Waals surface area contributed by atoms with Crippen LogP contribution in [0.5, 0.6) is 5.75 Å². The molecular formula is C29H38N2O3. The van der Waals surface area contributed by atoms with Crippen LogP contribution in [0.1, 0.15) is 58.6 Å². The normalized spacial score (nSPS) is 15.1. The van der Waals surface area contributed by atoms with Crippen molar-refractivity contribution in [2.45, 2.75) is 59.5 Å². The molecule has 0 atom stereocenters. The summed E-state index contributed by atoms with van der Waals surface area (Å²) in [6.45, 7) is 11.8. The lowest BCUT2D eigenvalue weighted by Gasteiger charge is -2.40. The van der Waals surface area contributed by atoms with Gasteiger partial charge in [-0.1, -0.05) is 43.3 Å². The Hall–Kier alpha value is -3.08. The van der Waals surface area contributed by atoms with Crippen molar-refractivity contribution in [2.24, 2.45) is 10.9 Å². The molecule has 0 unspecified atom stereocenters. The van der Waals surface area contributed by atoms with Gasteiger partial charge in [-0.25, -0.2) is 4.79 Å². The van der Waals surface area contributed by atoms with Crippen molar-refractivity contribution < 1.29 is 14.3 Å². The van der Waals surface area contributed by atoms with Crippen LogP contribution in [0.3, 0.4) is 0 Å². The number of rotatable bonds is 9. The third-order valence-electron chi connectivity index (χ3n) is 5.78. The van der Waals surface area contributed by atoms with Crippen molar-refractivity contribution in [1.29, 1.82) is 0 Å². The number of likely N-dealkylation sites (tertiary alicyclic amines) is 1. The van der Waals surface area contributed by atoms with E-state index in [0.717, 1.165) is 42.0 Å². The standard InChI is InChI=1S/C29H38N2O3/c1-6-26(30-27(7-2)24-20-31(21-24)28(32)34-29(3,4)5)23-15-17-25(18-16-23)33-19-11-14-22-12-9-8-10-13-22/h6,8-10,12-13,15-18,24H,7,11,14,19-21H2,1-5H3. The van der Waals surface area contributed by atoms with E-state index in [4.69, 9.17) is 14.5 Å². The van der Waals surface area contributed by atoms with E-state index in [-0.39, 0.29) is 12.0 Å². The SMILES string of the molecule is CC=C(N=C(CC)C1CN(C(=O)OC(C)(C)C)C1)c1ccc(OCCCc2ccccc2)cc1. The van der Waals surface area contributed by atoms with E-state index in [1.165, 1.54) is 5.56 Å². The lowest BCUT2D eigenvalue weighted by atomic mass is 9.93. The molecule has 0 aliphatic carbocycles. The van der Waals surface area contributed by atoms with Crippen molar-refractivity contribution in [1.82, 2.24) is 4.90 Å². The first-order valence-corrected chi connectivity index (χ1v) is 12.3. The van der Waals surface area contributed by atoms with Gasteiger partial charge in [0.25, 0.3) is 0 Å². The number of carbonyl (C=O) groups excluding carboxylic acids is 1. The maximum atomic E-state index is 12.2. The second-order valence-corrected chi connectivity index (χ2v) is 9.67. The Kier molecular flexibility index (Phi) is 8.91. The van der Waals surface area contributed by atoms with E-state index in [2.05, 4.69) is 43.3 Å². The van der Waals surface area contributed by atoms with E-state index >= 15 is 0 Å². The first kappa shape index (κ1) is 25.5. The highest BCUT2D eigenvalue weighted by molar-refractivity contribution is 5.93. The number of carbonyl (C=O) groups is 1. The fourth-order valence-corrected chi connectivity index (χ4v) is 3.91. The van der Waals surface area contributed by atoms with Crippen LogP contribution in [0.2, 0.25) is 0 Å². The number of benzene rings is 2. The molecule has 0 N–H and O–H groups in total. The van der Waals surface area contributed by atoms with Crippen LogP contribution in [0, 0.1) is 5.92 Å². The summed E-state index contributed by atoms with van der Waals surface area (Å²) in [6.07, 6.45) is 4.65. The molecule has 1 heterocycles. The number of amides is 1. The number of aliphatic imine (C=N–C) groups is 1. The molecule has 0 saturated carbocycles. The van der Waals surface area contributed by atoms with Gasteiger partial charge < -0.3 is 14.4 Å². The Labute approximate surface area is 204 Å². The summed E-state index contributed by atoms with van der Waals surface area (Å²) in [5, 5.41) is 0. The topological polar surface area (TPSA) is 51.1 Å². The molecule has 34 heavy (non-hydrogen) atoms. The zero-order chi connectivity index (χ0) is 24.6. The largest absolute Gasteiger partial charge is 0.494 e. The minimum Gasteiger partial charge on any atom is -0.494 e. The van der Waals surface area contributed by atoms with Crippen LogP contribution in [-0.2, 0) is 11.2 Å². The second-order valence-electron chi connectivity index (χ2n) is 9.67. The maximum Gasteiger partial charge on any atom is 0.410 e. The predicted octanol–water partition coefficient (Wildman–Crippen LogP) is 6.78. The second kappa shape index (κ2) is 11.9. The van der Waals surface area contributed by atoms with Crippen LogP contribution in [0.25, 0.3) is 5.70 Å². The van der Waals surface area contributed by atoms with Crippen molar-refractivity contribution >= 4 is 17.5 Å². The zero-order valence-corrected chi connectivity index (χ0v) is 21.2. The molecule has 0 aromatic heterocycles. The quantitative estimate of drug-likeness (QED) is 0.305. The third-order valence-corrected chi connectivity index (χ3v) is 5.78. The molecule has 3 rings (SSSR count). The monoisotopic (exact) mass is 462 g/mol. The summed E-state index contributed by atoms with van der Waals surface area (Å²) < 4.78 is 11.4. The molecule has 182 valence electrons. The number of allylic oxidation sites excluding steroid dienone is 1.